The van der Waals surface area contributed by atoms with Gasteiger partial charge in [0.15, 0.2) is 0 Å². The molecule has 11 rings (SSSR count). The Morgan fingerprint density at radius 1 is 0.321 bits per heavy atom. The minimum absolute atomic E-state index is 1.09. The maximum atomic E-state index is 2.43. The Bertz CT molecular complexity index is 3240. The number of anilines is 3. The quantitative estimate of drug-likeness (QED) is 0.167. The summed E-state index contributed by atoms with van der Waals surface area (Å²) in [7, 11) is 0. The molecule has 0 radical (unpaired) electrons. The lowest BCUT2D eigenvalue weighted by atomic mass is 9.93. The molecule has 262 valence electrons. The second-order valence-electron chi connectivity index (χ2n) is 14.5. The van der Waals surface area contributed by atoms with Crippen LogP contribution in [0.2, 0.25) is 0 Å². The van der Waals surface area contributed by atoms with Gasteiger partial charge in [0, 0.05) is 33.4 Å². The van der Waals surface area contributed by atoms with Crippen LogP contribution in [-0.4, -0.2) is 4.57 Å². The average Bonchev–Trinajstić information content (AvgIpc) is 3.62. The highest BCUT2D eigenvalue weighted by Crippen LogP contribution is 2.45. The summed E-state index contributed by atoms with van der Waals surface area (Å²) in [4.78, 5) is 2.43. The van der Waals surface area contributed by atoms with Crippen LogP contribution >= 0.6 is 0 Å². The topological polar surface area (TPSA) is 8.17 Å². The maximum Gasteiger partial charge on any atom is 0.0547 e. The minimum Gasteiger partial charge on any atom is -0.310 e. The van der Waals surface area contributed by atoms with Gasteiger partial charge in [0.05, 0.1) is 16.7 Å². The van der Waals surface area contributed by atoms with Crippen molar-refractivity contribution >= 4 is 71.2 Å². The lowest BCUT2D eigenvalue weighted by molar-refractivity contribution is 1.17. The summed E-state index contributed by atoms with van der Waals surface area (Å²) < 4.78 is 2.41. The summed E-state index contributed by atoms with van der Waals surface area (Å²) in [5.41, 5.74) is 11.6. The van der Waals surface area contributed by atoms with Crippen molar-refractivity contribution in [2.24, 2.45) is 0 Å². The smallest absolute Gasteiger partial charge is 0.0547 e. The van der Waals surface area contributed by atoms with Crippen molar-refractivity contribution < 1.29 is 0 Å². The molecule has 0 aliphatic rings. The second-order valence-corrected chi connectivity index (χ2v) is 14.5. The molecule has 1 aromatic heterocycles. The molecule has 0 unspecified atom stereocenters. The van der Waals surface area contributed by atoms with E-state index in [0.29, 0.717) is 0 Å². The van der Waals surface area contributed by atoms with E-state index < -0.39 is 0 Å². The van der Waals surface area contributed by atoms with Crippen LogP contribution in [0.3, 0.4) is 0 Å². The number of benzene rings is 10. The SMILES string of the molecule is c1ccc(-c2ccc(N(c3ccc(-n4c5ccccc5c5c6ccccc6ccc54)cc3)c3ccc4ccccc4c3)c(-c3cccc4ccccc34)c2)cc1. The lowest BCUT2D eigenvalue weighted by Crippen LogP contribution is -2.11. The number of para-hydroxylation sites is 1. The molecule has 0 atom stereocenters. The lowest BCUT2D eigenvalue weighted by Gasteiger charge is -2.29. The molecule has 0 spiro atoms. The molecule has 0 N–H and O–H groups in total. The molecule has 0 amide bonds. The Kier molecular flexibility index (Phi) is 7.53. The van der Waals surface area contributed by atoms with Gasteiger partial charge in [-0.25, -0.2) is 0 Å². The van der Waals surface area contributed by atoms with Gasteiger partial charge in [-0.1, -0.05) is 158 Å². The number of hydrogen-bond donors (Lipinski definition) is 0. The van der Waals surface area contributed by atoms with Crippen molar-refractivity contribution in [1.29, 1.82) is 0 Å². The average molecular weight is 713 g/mol. The maximum absolute atomic E-state index is 2.43. The molecule has 0 aliphatic heterocycles. The fourth-order valence-electron chi connectivity index (χ4n) is 8.73. The largest absolute Gasteiger partial charge is 0.310 e. The first kappa shape index (κ1) is 32.0. The molecule has 0 bridgehead atoms. The molecule has 11 aromatic rings. The van der Waals surface area contributed by atoms with Crippen LogP contribution in [0.1, 0.15) is 0 Å². The van der Waals surface area contributed by atoms with Crippen molar-refractivity contribution in [2.45, 2.75) is 0 Å². The predicted molar refractivity (Wildman–Crippen MR) is 239 cm³/mol. The first-order valence-electron chi connectivity index (χ1n) is 19.3. The van der Waals surface area contributed by atoms with E-state index in [-0.39, 0.29) is 0 Å². The van der Waals surface area contributed by atoms with E-state index in [1.165, 1.54) is 76.4 Å². The molecule has 2 nitrogen and oxygen atoms in total. The third kappa shape index (κ3) is 5.26. The molecule has 0 aliphatic carbocycles. The van der Waals surface area contributed by atoms with Gasteiger partial charge < -0.3 is 9.47 Å². The summed E-state index contributed by atoms with van der Waals surface area (Å²) in [6.07, 6.45) is 0. The fraction of sp³-hybridized carbons (Fsp3) is 0. The van der Waals surface area contributed by atoms with Crippen molar-refractivity contribution in [3.63, 3.8) is 0 Å². The van der Waals surface area contributed by atoms with Crippen molar-refractivity contribution in [1.82, 2.24) is 4.57 Å². The Hall–Kier alpha value is -7.42. The Morgan fingerprint density at radius 3 is 1.77 bits per heavy atom. The van der Waals surface area contributed by atoms with Gasteiger partial charge in [-0.2, -0.15) is 0 Å². The molecular weight excluding hydrogens is 677 g/mol. The van der Waals surface area contributed by atoms with Crippen LogP contribution in [0.4, 0.5) is 17.1 Å². The highest BCUT2D eigenvalue weighted by Gasteiger charge is 2.21. The van der Waals surface area contributed by atoms with Gasteiger partial charge in [0.2, 0.25) is 0 Å². The van der Waals surface area contributed by atoms with Gasteiger partial charge >= 0.3 is 0 Å². The molecule has 1 heterocycles. The number of fused-ring (bicyclic) bond motifs is 7. The van der Waals surface area contributed by atoms with Gasteiger partial charge in [-0.05, 0) is 110 Å². The van der Waals surface area contributed by atoms with E-state index >= 15 is 0 Å². The number of rotatable bonds is 6. The fourth-order valence-corrected chi connectivity index (χ4v) is 8.73. The standard InChI is InChI=1S/C54H36N2/c1-2-13-37(14-3-1)42-27-33-52(50(36-42)48-23-12-19-39-16-6-8-20-46(39)48)55(45-28-25-38-15-4-5-18-41(38)35-45)43-29-31-44(32-30-43)56-51-24-11-10-22-49(51)54-47-21-9-7-17-40(47)26-34-53(54)56/h1-36H. The Balaban J connectivity index is 1.14. The van der Waals surface area contributed by atoms with Gasteiger partial charge in [0.25, 0.3) is 0 Å². The van der Waals surface area contributed by atoms with Crippen molar-refractivity contribution in [3.8, 4) is 27.9 Å². The molecule has 0 saturated carbocycles. The van der Waals surface area contributed by atoms with E-state index in [1.54, 1.807) is 0 Å². The van der Waals surface area contributed by atoms with Crippen molar-refractivity contribution in [2.75, 3.05) is 4.90 Å². The normalized spacial score (nSPS) is 11.6. The van der Waals surface area contributed by atoms with E-state index in [4.69, 9.17) is 0 Å². The first-order valence-corrected chi connectivity index (χ1v) is 19.3. The van der Waals surface area contributed by atoms with Gasteiger partial charge in [-0.15, -0.1) is 0 Å². The van der Waals surface area contributed by atoms with Crippen molar-refractivity contribution in [3.05, 3.63) is 218 Å². The minimum atomic E-state index is 1.09. The number of hydrogen-bond acceptors (Lipinski definition) is 1. The van der Waals surface area contributed by atoms with Crippen LogP contribution in [0, 0.1) is 0 Å². The van der Waals surface area contributed by atoms with Crippen LogP contribution in [0.5, 0.6) is 0 Å². The third-order valence-electron chi connectivity index (χ3n) is 11.3. The van der Waals surface area contributed by atoms with Crippen LogP contribution in [-0.2, 0) is 0 Å². The zero-order valence-electron chi connectivity index (χ0n) is 30.7. The highest BCUT2D eigenvalue weighted by molar-refractivity contribution is 6.21. The molecule has 0 saturated heterocycles. The zero-order valence-corrected chi connectivity index (χ0v) is 30.7. The van der Waals surface area contributed by atoms with Crippen LogP contribution in [0.15, 0.2) is 218 Å². The second kappa shape index (κ2) is 13.2. The summed E-state index contributed by atoms with van der Waals surface area (Å²) in [6.45, 7) is 0. The summed E-state index contributed by atoms with van der Waals surface area (Å²) in [5.74, 6) is 0. The number of nitrogens with zero attached hydrogens (tertiary/aromatic N) is 2. The Morgan fingerprint density at radius 2 is 0.946 bits per heavy atom. The van der Waals surface area contributed by atoms with Gasteiger partial charge in [0.1, 0.15) is 0 Å². The first-order chi connectivity index (χ1) is 27.8. The van der Waals surface area contributed by atoms with E-state index in [2.05, 4.69) is 228 Å². The highest BCUT2D eigenvalue weighted by atomic mass is 15.1. The summed E-state index contributed by atoms with van der Waals surface area (Å²) >= 11 is 0. The molecule has 10 aromatic carbocycles. The predicted octanol–water partition coefficient (Wildman–Crippen LogP) is 15.0. The van der Waals surface area contributed by atoms with E-state index in [9.17, 15) is 0 Å². The van der Waals surface area contributed by atoms with Crippen LogP contribution in [0.25, 0.3) is 82.1 Å². The third-order valence-corrected chi connectivity index (χ3v) is 11.3. The monoisotopic (exact) mass is 712 g/mol. The van der Waals surface area contributed by atoms with Crippen LogP contribution < -0.4 is 4.90 Å². The molecule has 2 heteroatoms. The summed E-state index contributed by atoms with van der Waals surface area (Å²) in [5, 5.41) is 9.97. The molecular formula is C54H36N2. The summed E-state index contributed by atoms with van der Waals surface area (Å²) in [6, 6.07) is 79.6. The van der Waals surface area contributed by atoms with Gasteiger partial charge in [-0.3, -0.25) is 0 Å². The molecule has 0 fully saturated rings. The van der Waals surface area contributed by atoms with E-state index in [0.717, 1.165) is 22.7 Å². The Labute approximate surface area is 325 Å². The van der Waals surface area contributed by atoms with E-state index in [1.807, 2.05) is 0 Å². The number of aromatic nitrogens is 1. The zero-order chi connectivity index (χ0) is 37.0. The molecule has 56 heavy (non-hydrogen) atoms.